The van der Waals surface area contributed by atoms with Crippen LogP contribution in [0, 0.1) is 6.92 Å². The molecule has 0 heterocycles. The van der Waals surface area contributed by atoms with Gasteiger partial charge in [0.1, 0.15) is 5.75 Å². The van der Waals surface area contributed by atoms with Gasteiger partial charge in [0.15, 0.2) is 0 Å². The second kappa shape index (κ2) is 8.14. The zero-order valence-corrected chi connectivity index (χ0v) is 16.3. The average molecular weight is 396 g/mol. The Morgan fingerprint density at radius 1 is 0.821 bits per heavy atom. The lowest BCUT2D eigenvalue weighted by Gasteiger charge is -2.10. The number of rotatable bonds is 6. The van der Waals surface area contributed by atoms with Crippen molar-refractivity contribution < 1.29 is 17.9 Å². The minimum absolute atomic E-state index is 0.0650. The molecule has 0 saturated heterocycles. The van der Waals surface area contributed by atoms with Crippen LogP contribution < -0.4 is 14.8 Å². The van der Waals surface area contributed by atoms with Crippen molar-refractivity contribution in [3.05, 3.63) is 83.9 Å². The molecular weight excluding hydrogens is 376 g/mol. The van der Waals surface area contributed by atoms with Crippen molar-refractivity contribution in [2.75, 3.05) is 17.1 Å². The Bertz CT molecular complexity index is 1060. The largest absolute Gasteiger partial charge is 0.497 e. The molecule has 0 saturated carbocycles. The van der Waals surface area contributed by atoms with Gasteiger partial charge in [0.25, 0.3) is 15.9 Å². The number of hydrogen-bond donors (Lipinski definition) is 2. The minimum atomic E-state index is -3.76. The fraction of sp³-hybridized carbons (Fsp3) is 0.0952. The van der Waals surface area contributed by atoms with E-state index in [1.54, 1.807) is 24.3 Å². The molecule has 144 valence electrons. The average Bonchev–Trinajstić information content (AvgIpc) is 2.70. The first-order valence-electron chi connectivity index (χ1n) is 8.52. The van der Waals surface area contributed by atoms with Gasteiger partial charge >= 0.3 is 0 Å². The molecule has 2 N–H and O–H groups in total. The number of methoxy groups -OCH3 is 1. The minimum Gasteiger partial charge on any atom is -0.497 e. The second-order valence-electron chi connectivity index (χ2n) is 6.18. The third-order valence-corrected chi connectivity index (χ3v) is 5.48. The fourth-order valence-electron chi connectivity index (χ4n) is 2.50. The van der Waals surface area contributed by atoms with Crippen LogP contribution in [-0.2, 0) is 10.0 Å². The van der Waals surface area contributed by atoms with Crippen LogP contribution >= 0.6 is 0 Å². The molecular formula is C21H20N2O4S. The Balaban J connectivity index is 1.71. The molecule has 0 spiro atoms. The molecule has 0 aliphatic heterocycles. The maximum absolute atomic E-state index is 12.5. The number of carbonyl (C=O) groups excluding carboxylic acids is 1. The molecule has 0 aromatic heterocycles. The number of aryl methyl sites for hydroxylation is 1. The number of ether oxygens (including phenoxy) is 1. The van der Waals surface area contributed by atoms with Gasteiger partial charge in [-0.05, 0) is 67.6 Å². The van der Waals surface area contributed by atoms with E-state index >= 15 is 0 Å². The summed E-state index contributed by atoms with van der Waals surface area (Å²) in [5.41, 5.74) is 2.55. The van der Waals surface area contributed by atoms with Crippen LogP contribution in [0.25, 0.3) is 0 Å². The fourth-order valence-corrected chi connectivity index (χ4v) is 3.56. The summed E-state index contributed by atoms with van der Waals surface area (Å²) in [7, 11) is -2.22. The van der Waals surface area contributed by atoms with Crippen LogP contribution in [0.1, 0.15) is 15.9 Å². The molecule has 3 aromatic carbocycles. The van der Waals surface area contributed by atoms with Crippen LogP contribution in [-0.4, -0.2) is 21.4 Å². The lowest BCUT2D eigenvalue weighted by Crippen LogP contribution is -2.14. The van der Waals surface area contributed by atoms with Gasteiger partial charge in [-0.1, -0.05) is 17.7 Å². The van der Waals surface area contributed by atoms with Crippen LogP contribution in [0.3, 0.4) is 0 Å². The van der Waals surface area contributed by atoms with Crippen LogP contribution in [0.2, 0.25) is 0 Å². The SMILES string of the molecule is COc1ccc(NS(=O)(=O)c2ccc(C(=O)Nc3ccc(C)cc3)cc2)cc1. The van der Waals surface area contributed by atoms with Crippen molar-refractivity contribution in [1.82, 2.24) is 0 Å². The van der Waals surface area contributed by atoms with E-state index in [1.165, 1.54) is 31.4 Å². The molecule has 0 aliphatic carbocycles. The number of anilines is 2. The zero-order chi connectivity index (χ0) is 20.1. The molecule has 3 aromatic rings. The molecule has 0 unspecified atom stereocenters. The molecule has 1 amide bonds. The lowest BCUT2D eigenvalue weighted by molar-refractivity contribution is 0.102. The number of amides is 1. The predicted octanol–water partition coefficient (Wildman–Crippen LogP) is 4.06. The van der Waals surface area contributed by atoms with E-state index in [2.05, 4.69) is 10.0 Å². The van der Waals surface area contributed by atoms with E-state index < -0.39 is 10.0 Å². The molecule has 0 aliphatic rings. The van der Waals surface area contributed by atoms with E-state index in [4.69, 9.17) is 4.74 Å². The van der Waals surface area contributed by atoms with Crippen LogP contribution in [0.4, 0.5) is 11.4 Å². The number of sulfonamides is 1. The Morgan fingerprint density at radius 3 is 1.96 bits per heavy atom. The lowest BCUT2D eigenvalue weighted by atomic mass is 10.2. The van der Waals surface area contributed by atoms with Crippen molar-refractivity contribution >= 4 is 27.3 Å². The second-order valence-corrected chi connectivity index (χ2v) is 7.86. The van der Waals surface area contributed by atoms with Gasteiger partial charge in [-0.25, -0.2) is 8.42 Å². The van der Waals surface area contributed by atoms with Crippen molar-refractivity contribution in [2.45, 2.75) is 11.8 Å². The van der Waals surface area contributed by atoms with Crippen molar-refractivity contribution in [2.24, 2.45) is 0 Å². The molecule has 0 bridgehead atoms. The van der Waals surface area contributed by atoms with Crippen molar-refractivity contribution in [3.63, 3.8) is 0 Å². The highest BCUT2D eigenvalue weighted by Gasteiger charge is 2.15. The summed E-state index contributed by atoms with van der Waals surface area (Å²) in [5, 5.41) is 2.78. The zero-order valence-electron chi connectivity index (χ0n) is 15.5. The van der Waals surface area contributed by atoms with Gasteiger partial charge in [0.05, 0.1) is 12.0 Å². The smallest absolute Gasteiger partial charge is 0.261 e. The van der Waals surface area contributed by atoms with Gasteiger partial charge in [0.2, 0.25) is 0 Å². The standard InChI is InChI=1S/C21H20N2O4S/c1-15-3-7-17(8-4-15)22-21(24)16-5-13-20(14-6-16)28(25,26)23-18-9-11-19(27-2)12-10-18/h3-14,23H,1-2H3,(H,22,24). The Hall–Kier alpha value is -3.32. The van der Waals surface area contributed by atoms with Gasteiger partial charge < -0.3 is 10.1 Å². The number of nitrogens with one attached hydrogen (secondary N) is 2. The van der Waals surface area contributed by atoms with Crippen LogP contribution in [0.15, 0.2) is 77.7 Å². The molecule has 0 radical (unpaired) electrons. The molecule has 6 nitrogen and oxygen atoms in total. The highest BCUT2D eigenvalue weighted by atomic mass is 32.2. The topological polar surface area (TPSA) is 84.5 Å². The molecule has 3 rings (SSSR count). The summed E-state index contributed by atoms with van der Waals surface area (Å²) in [6, 6.07) is 19.7. The van der Waals surface area contributed by atoms with E-state index in [9.17, 15) is 13.2 Å². The first kappa shape index (κ1) is 19.4. The maximum Gasteiger partial charge on any atom is 0.261 e. The van der Waals surface area contributed by atoms with Gasteiger partial charge in [-0.2, -0.15) is 0 Å². The quantitative estimate of drug-likeness (QED) is 0.658. The number of benzene rings is 3. The molecule has 0 fully saturated rings. The summed E-state index contributed by atoms with van der Waals surface area (Å²) in [6.45, 7) is 1.96. The van der Waals surface area contributed by atoms with Gasteiger partial charge in [0, 0.05) is 16.9 Å². The Morgan fingerprint density at radius 2 is 1.39 bits per heavy atom. The summed E-state index contributed by atoms with van der Waals surface area (Å²) in [6.07, 6.45) is 0. The van der Waals surface area contributed by atoms with E-state index in [0.717, 1.165) is 5.56 Å². The normalized spacial score (nSPS) is 10.9. The predicted molar refractivity (Wildman–Crippen MR) is 109 cm³/mol. The summed E-state index contributed by atoms with van der Waals surface area (Å²) >= 11 is 0. The summed E-state index contributed by atoms with van der Waals surface area (Å²) in [4.78, 5) is 12.4. The Kier molecular flexibility index (Phi) is 5.65. The number of carbonyl (C=O) groups is 1. The summed E-state index contributed by atoms with van der Waals surface area (Å²) in [5.74, 6) is 0.322. The molecule has 28 heavy (non-hydrogen) atoms. The molecule has 7 heteroatoms. The summed E-state index contributed by atoms with van der Waals surface area (Å²) < 4.78 is 32.6. The van der Waals surface area contributed by atoms with Crippen LogP contribution in [0.5, 0.6) is 5.75 Å². The van der Waals surface area contributed by atoms with Gasteiger partial charge in [-0.15, -0.1) is 0 Å². The van der Waals surface area contributed by atoms with Crippen molar-refractivity contribution in [3.8, 4) is 5.75 Å². The van der Waals surface area contributed by atoms with Gasteiger partial charge in [-0.3, -0.25) is 9.52 Å². The van der Waals surface area contributed by atoms with E-state index in [0.29, 0.717) is 22.7 Å². The monoisotopic (exact) mass is 396 g/mol. The third-order valence-electron chi connectivity index (χ3n) is 4.08. The first-order chi connectivity index (χ1) is 13.4. The van der Waals surface area contributed by atoms with E-state index in [1.807, 2.05) is 31.2 Å². The maximum atomic E-state index is 12.5. The third kappa shape index (κ3) is 4.69. The molecule has 0 atom stereocenters. The first-order valence-corrected chi connectivity index (χ1v) is 10.0. The number of hydrogen-bond acceptors (Lipinski definition) is 4. The van der Waals surface area contributed by atoms with Crippen molar-refractivity contribution in [1.29, 1.82) is 0 Å². The highest BCUT2D eigenvalue weighted by Crippen LogP contribution is 2.20. The van der Waals surface area contributed by atoms with E-state index in [-0.39, 0.29) is 10.8 Å². The Labute approximate surface area is 164 Å². The highest BCUT2D eigenvalue weighted by molar-refractivity contribution is 7.92.